The third-order valence-electron chi connectivity index (χ3n) is 2.50. The number of ether oxygens (including phenoxy) is 2. The molecule has 2 rings (SSSR count). The Kier molecular flexibility index (Phi) is 5.76. The first-order valence-corrected chi connectivity index (χ1v) is 7.11. The standard InChI is InChI=1S/C14H15BrN2O3/c15-13-3-1-2-12(20-13)6-9-19-10-14(18)17-11-4-7-16-8-5-11/h1-5,7-8,13H,6,9-10H2,(H,16,17,18). The molecule has 20 heavy (non-hydrogen) atoms. The Morgan fingerprint density at radius 1 is 1.45 bits per heavy atom. The van der Waals surface area contributed by atoms with Crippen molar-refractivity contribution in [2.24, 2.45) is 0 Å². The number of alkyl halides is 1. The largest absolute Gasteiger partial charge is 0.479 e. The minimum absolute atomic E-state index is 0.0170. The third-order valence-corrected chi connectivity index (χ3v) is 2.99. The van der Waals surface area contributed by atoms with E-state index in [1.54, 1.807) is 24.5 Å². The molecule has 1 unspecified atom stereocenters. The summed E-state index contributed by atoms with van der Waals surface area (Å²) in [4.78, 5) is 15.5. The van der Waals surface area contributed by atoms with Gasteiger partial charge in [0.05, 0.1) is 6.61 Å². The number of nitrogens with zero attached hydrogens (tertiary/aromatic N) is 1. The highest BCUT2D eigenvalue weighted by molar-refractivity contribution is 9.09. The fraction of sp³-hybridized carbons (Fsp3) is 0.286. The summed E-state index contributed by atoms with van der Waals surface area (Å²) < 4.78 is 10.8. The van der Waals surface area contributed by atoms with E-state index in [1.165, 1.54) is 0 Å². The van der Waals surface area contributed by atoms with Gasteiger partial charge in [-0.15, -0.1) is 0 Å². The molecule has 0 spiro atoms. The van der Waals surface area contributed by atoms with Crippen molar-refractivity contribution in [1.82, 2.24) is 4.98 Å². The summed E-state index contributed by atoms with van der Waals surface area (Å²) in [6.07, 6.45) is 9.58. The Hall–Kier alpha value is -1.66. The molecule has 0 saturated carbocycles. The average molecular weight is 339 g/mol. The first-order valence-electron chi connectivity index (χ1n) is 6.20. The number of carbonyl (C=O) groups is 1. The van der Waals surface area contributed by atoms with Crippen LogP contribution in [-0.4, -0.2) is 29.1 Å². The van der Waals surface area contributed by atoms with E-state index in [1.807, 2.05) is 18.2 Å². The quantitative estimate of drug-likeness (QED) is 0.639. The number of pyridine rings is 1. The molecule has 1 atom stereocenters. The molecule has 1 aromatic rings. The van der Waals surface area contributed by atoms with Gasteiger partial charge in [-0.05, 0) is 40.2 Å². The molecule has 5 nitrogen and oxygen atoms in total. The van der Waals surface area contributed by atoms with E-state index in [0.29, 0.717) is 18.7 Å². The molecule has 0 radical (unpaired) electrons. The van der Waals surface area contributed by atoms with E-state index in [-0.39, 0.29) is 17.5 Å². The highest BCUT2D eigenvalue weighted by atomic mass is 79.9. The number of carbonyl (C=O) groups excluding carboxylic acids is 1. The van der Waals surface area contributed by atoms with Crippen molar-refractivity contribution in [3.8, 4) is 0 Å². The molecule has 0 aliphatic carbocycles. The van der Waals surface area contributed by atoms with Crippen LogP contribution in [0.15, 0.2) is 48.5 Å². The van der Waals surface area contributed by atoms with Gasteiger partial charge in [-0.2, -0.15) is 0 Å². The topological polar surface area (TPSA) is 60.5 Å². The van der Waals surface area contributed by atoms with Crippen molar-refractivity contribution in [3.63, 3.8) is 0 Å². The van der Waals surface area contributed by atoms with Gasteiger partial charge in [0.25, 0.3) is 0 Å². The second kappa shape index (κ2) is 7.81. The summed E-state index contributed by atoms with van der Waals surface area (Å²) >= 11 is 3.34. The Morgan fingerprint density at radius 2 is 2.25 bits per heavy atom. The number of hydrogen-bond donors (Lipinski definition) is 1. The van der Waals surface area contributed by atoms with E-state index >= 15 is 0 Å². The highest BCUT2D eigenvalue weighted by Crippen LogP contribution is 2.17. The van der Waals surface area contributed by atoms with Crippen molar-refractivity contribution in [2.45, 2.75) is 11.4 Å². The number of aromatic nitrogens is 1. The van der Waals surface area contributed by atoms with Gasteiger partial charge in [-0.25, -0.2) is 0 Å². The van der Waals surface area contributed by atoms with Gasteiger partial charge in [0, 0.05) is 24.5 Å². The average Bonchev–Trinajstić information content (AvgIpc) is 2.45. The van der Waals surface area contributed by atoms with Crippen LogP contribution in [0.3, 0.4) is 0 Å². The molecular formula is C14H15BrN2O3. The summed E-state index contributed by atoms with van der Waals surface area (Å²) in [7, 11) is 0. The summed E-state index contributed by atoms with van der Waals surface area (Å²) in [5, 5.41) is 2.63. The molecular weight excluding hydrogens is 324 g/mol. The van der Waals surface area contributed by atoms with E-state index in [4.69, 9.17) is 9.47 Å². The third kappa shape index (κ3) is 5.14. The molecule has 1 N–H and O–H groups in total. The van der Waals surface area contributed by atoms with Crippen LogP contribution in [0.4, 0.5) is 5.69 Å². The van der Waals surface area contributed by atoms with Crippen LogP contribution >= 0.6 is 15.9 Å². The van der Waals surface area contributed by atoms with Crippen molar-refractivity contribution in [3.05, 3.63) is 48.5 Å². The SMILES string of the molecule is O=C(COCCC1=CC=CC(Br)O1)Nc1ccncc1. The molecule has 1 aliphatic rings. The van der Waals surface area contributed by atoms with E-state index in [0.717, 1.165) is 5.76 Å². The first kappa shape index (κ1) is 14.7. The van der Waals surface area contributed by atoms with Gasteiger partial charge >= 0.3 is 0 Å². The second-order valence-corrected chi connectivity index (χ2v) is 4.98. The molecule has 6 heteroatoms. The van der Waals surface area contributed by atoms with Gasteiger partial charge in [-0.3, -0.25) is 9.78 Å². The van der Waals surface area contributed by atoms with E-state index in [2.05, 4.69) is 26.2 Å². The van der Waals surface area contributed by atoms with Crippen LogP contribution in [0.25, 0.3) is 0 Å². The lowest BCUT2D eigenvalue weighted by Crippen LogP contribution is -2.19. The molecule has 0 fully saturated rings. The zero-order chi connectivity index (χ0) is 14.2. The number of amides is 1. The normalized spacial score (nSPS) is 17.2. The van der Waals surface area contributed by atoms with Gasteiger partial charge in [0.1, 0.15) is 12.4 Å². The lowest BCUT2D eigenvalue weighted by Gasteiger charge is -2.16. The molecule has 0 saturated heterocycles. The summed E-state index contributed by atoms with van der Waals surface area (Å²) in [6.45, 7) is 0.451. The van der Waals surface area contributed by atoms with Gasteiger partial charge in [-0.1, -0.05) is 6.08 Å². The van der Waals surface area contributed by atoms with Gasteiger partial charge < -0.3 is 14.8 Å². The molecule has 1 aliphatic heterocycles. The van der Waals surface area contributed by atoms with Crippen molar-refractivity contribution >= 4 is 27.5 Å². The molecule has 1 amide bonds. The van der Waals surface area contributed by atoms with Crippen LogP contribution in [-0.2, 0) is 14.3 Å². The fourth-order valence-electron chi connectivity index (χ4n) is 1.59. The Balaban J connectivity index is 1.62. The van der Waals surface area contributed by atoms with E-state index in [9.17, 15) is 4.79 Å². The molecule has 2 heterocycles. The number of nitrogens with one attached hydrogen (secondary N) is 1. The predicted octanol–water partition coefficient (Wildman–Crippen LogP) is 2.62. The number of allylic oxidation sites excluding steroid dienone is 2. The molecule has 0 aromatic carbocycles. The van der Waals surface area contributed by atoms with Crippen molar-refractivity contribution in [1.29, 1.82) is 0 Å². The lowest BCUT2D eigenvalue weighted by atomic mass is 10.3. The highest BCUT2D eigenvalue weighted by Gasteiger charge is 2.08. The maximum Gasteiger partial charge on any atom is 0.250 e. The monoisotopic (exact) mass is 338 g/mol. The van der Waals surface area contributed by atoms with Crippen LogP contribution in [0.1, 0.15) is 6.42 Å². The van der Waals surface area contributed by atoms with Gasteiger partial charge in [0.2, 0.25) is 5.91 Å². The minimum atomic E-state index is -0.187. The maximum absolute atomic E-state index is 11.6. The van der Waals surface area contributed by atoms with Crippen LogP contribution in [0, 0.1) is 0 Å². The first-order chi connectivity index (χ1) is 9.74. The number of anilines is 1. The second-order valence-electron chi connectivity index (χ2n) is 4.07. The number of rotatable bonds is 6. The number of hydrogen-bond acceptors (Lipinski definition) is 4. The maximum atomic E-state index is 11.6. The smallest absolute Gasteiger partial charge is 0.250 e. The fourth-order valence-corrected chi connectivity index (χ4v) is 2.00. The van der Waals surface area contributed by atoms with Crippen LogP contribution in [0.5, 0.6) is 0 Å². The zero-order valence-corrected chi connectivity index (χ0v) is 12.4. The molecule has 1 aromatic heterocycles. The van der Waals surface area contributed by atoms with Crippen molar-refractivity contribution in [2.75, 3.05) is 18.5 Å². The minimum Gasteiger partial charge on any atom is -0.479 e. The predicted molar refractivity (Wildman–Crippen MR) is 79.3 cm³/mol. The van der Waals surface area contributed by atoms with Gasteiger partial charge in [0.15, 0.2) is 5.01 Å². The van der Waals surface area contributed by atoms with Crippen LogP contribution < -0.4 is 5.32 Å². The van der Waals surface area contributed by atoms with Crippen LogP contribution in [0.2, 0.25) is 0 Å². The Morgan fingerprint density at radius 3 is 3.00 bits per heavy atom. The Labute approximate surface area is 125 Å². The summed E-state index contributed by atoms with van der Waals surface area (Å²) in [6, 6.07) is 3.45. The van der Waals surface area contributed by atoms with Crippen molar-refractivity contribution < 1.29 is 14.3 Å². The molecule has 0 bridgehead atoms. The lowest BCUT2D eigenvalue weighted by molar-refractivity contribution is -0.120. The molecule has 106 valence electrons. The summed E-state index contributed by atoms with van der Waals surface area (Å²) in [5.74, 6) is 0.650. The summed E-state index contributed by atoms with van der Waals surface area (Å²) in [5.41, 5.74) is 0.708. The number of halogens is 1. The zero-order valence-electron chi connectivity index (χ0n) is 10.8. The Bertz CT molecular complexity index is 502. The van der Waals surface area contributed by atoms with E-state index < -0.39 is 0 Å².